The van der Waals surface area contributed by atoms with Gasteiger partial charge in [0.15, 0.2) is 0 Å². The van der Waals surface area contributed by atoms with E-state index in [4.69, 9.17) is 0 Å². The topological polar surface area (TPSA) is 66.6 Å². The van der Waals surface area contributed by atoms with Crippen molar-refractivity contribution >= 4 is 17.5 Å². The summed E-state index contributed by atoms with van der Waals surface area (Å²) in [7, 11) is 0. The Balaban J connectivity index is 1.46. The highest BCUT2D eigenvalue weighted by atomic mass is 16.2. The van der Waals surface area contributed by atoms with Gasteiger partial charge in [0.2, 0.25) is 0 Å². The number of piperazine rings is 1. The molecule has 4 rings (SSSR count). The molecule has 1 aliphatic heterocycles. The molecule has 1 saturated heterocycles. The van der Waals surface area contributed by atoms with E-state index in [2.05, 4.69) is 46.9 Å². The molecule has 0 saturated carbocycles. The number of aryl methyl sites for hydroxylation is 3. The fraction of sp³-hybridized carbons (Fsp3) is 0.429. The maximum Gasteiger partial charge on any atom is 0.257 e. The number of carbonyl (C=O) groups is 1. The van der Waals surface area contributed by atoms with Crippen LogP contribution in [0.1, 0.15) is 41.3 Å². The number of hydrogen-bond acceptors (Lipinski definition) is 5. The van der Waals surface area contributed by atoms with E-state index < -0.39 is 0 Å². The van der Waals surface area contributed by atoms with E-state index in [0.717, 1.165) is 48.8 Å². The van der Waals surface area contributed by atoms with Gasteiger partial charge in [-0.1, -0.05) is 26.0 Å². The first-order chi connectivity index (χ1) is 13.6. The molecule has 0 spiro atoms. The highest BCUT2D eigenvalue weighted by Crippen LogP contribution is 2.19. The number of fused-ring (bicyclic) bond motifs is 1. The van der Waals surface area contributed by atoms with Gasteiger partial charge < -0.3 is 9.80 Å². The van der Waals surface area contributed by atoms with Crippen LogP contribution in [-0.4, -0.2) is 56.6 Å². The summed E-state index contributed by atoms with van der Waals surface area (Å²) >= 11 is 0. The van der Waals surface area contributed by atoms with Crippen molar-refractivity contribution < 1.29 is 4.79 Å². The van der Waals surface area contributed by atoms with Crippen molar-refractivity contribution in [3.05, 3.63) is 53.0 Å². The van der Waals surface area contributed by atoms with E-state index in [9.17, 15) is 4.79 Å². The molecular formula is C21H26N6O. The van der Waals surface area contributed by atoms with Crippen LogP contribution < -0.4 is 4.90 Å². The van der Waals surface area contributed by atoms with Crippen molar-refractivity contribution in [2.45, 2.75) is 33.6 Å². The molecule has 1 aromatic carbocycles. The Morgan fingerprint density at radius 3 is 2.36 bits per heavy atom. The van der Waals surface area contributed by atoms with E-state index in [-0.39, 0.29) is 5.91 Å². The zero-order chi connectivity index (χ0) is 19.7. The van der Waals surface area contributed by atoms with Crippen LogP contribution in [0, 0.1) is 6.92 Å². The lowest BCUT2D eigenvalue weighted by molar-refractivity contribution is 0.0746. The summed E-state index contributed by atoms with van der Waals surface area (Å²) in [4.78, 5) is 21.6. The minimum Gasteiger partial charge on any atom is -0.353 e. The molecule has 7 heteroatoms. The number of aromatic nitrogens is 4. The smallest absolute Gasteiger partial charge is 0.257 e. The molecule has 1 fully saturated rings. The van der Waals surface area contributed by atoms with E-state index in [0.29, 0.717) is 18.9 Å². The third-order valence-electron chi connectivity index (χ3n) is 5.43. The fourth-order valence-electron chi connectivity index (χ4n) is 3.72. The predicted molar refractivity (Wildman–Crippen MR) is 109 cm³/mol. The molecule has 1 amide bonds. The summed E-state index contributed by atoms with van der Waals surface area (Å²) in [6, 6.07) is 10.0. The number of anilines is 1. The van der Waals surface area contributed by atoms with Gasteiger partial charge in [0.25, 0.3) is 11.7 Å². The zero-order valence-corrected chi connectivity index (χ0v) is 16.7. The Morgan fingerprint density at radius 2 is 1.71 bits per heavy atom. The standard InChI is InChI=1S/C21H26N6O/c1-4-16-6-8-17(9-7-16)20(28)26-12-10-25(11-13-26)19-14-15(3)27-18(5-2)23-24-21(27)22-19/h6-9,14H,4-5,10-13H2,1-3H3. The predicted octanol–water partition coefficient (Wildman–Crippen LogP) is 2.52. The summed E-state index contributed by atoms with van der Waals surface area (Å²) < 4.78 is 2.00. The van der Waals surface area contributed by atoms with Crippen LogP contribution in [0.3, 0.4) is 0 Å². The average molecular weight is 378 g/mol. The van der Waals surface area contributed by atoms with E-state index in [1.807, 2.05) is 33.6 Å². The third kappa shape index (κ3) is 3.32. The molecule has 1 aliphatic rings. The van der Waals surface area contributed by atoms with Crippen molar-refractivity contribution in [2.24, 2.45) is 0 Å². The van der Waals surface area contributed by atoms with Gasteiger partial charge in [-0.25, -0.2) is 0 Å². The molecule has 146 valence electrons. The first-order valence-electron chi connectivity index (χ1n) is 9.95. The van der Waals surface area contributed by atoms with Crippen molar-refractivity contribution in [1.82, 2.24) is 24.5 Å². The van der Waals surface area contributed by atoms with Gasteiger partial charge in [-0.2, -0.15) is 4.98 Å². The normalized spacial score (nSPS) is 14.7. The molecule has 28 heavy (non-hydrogen) atoms. The SMILES string of the molecule is CCc1ccc(C(=O)N2CCN(c3cc(C)n4c(CC)nnc4n3)CC2)cc1. The van der Waals surface area contributed by atoms with Crippen molar-refractivity contribution in [1.29, 1.82) is 0 Å². The Kier molecular flexibility index (Phi) is 4.98. The second-order valence-electron chi connectivity index (χ2n) is 7.19. The quantitative estimate of drug-likeness (QED) is 0.698. The first kappa shape index (κ1) is 18.4. The maximum atomic E-state index is 12.8. The van der Waals surface area contributed by atoms with Gasteiger partial charge in [-0.15, -0.1) is 10.2 Å². The zero-order valence-electron chi connectivity index (χ0n) is 16.7. The van der Waals surface area contributed by atoms with Crippen LogP contribution in [0.5, 0.6) is 0 Å². The molecule has 0 atom stereocenters. The van der Waals surface area contributed by atoms with Crippen LogP contribution in [0.4, 0.5) is 5.82 Å². The average Bonchev–Trinajstić information content (AvgIpc) is 3.17. The van der Waals surface area contributed by atoms with Gasteiger partial charge in [-0.3, -0.25) is 9.20 Å². The number of rotatable bonds is 4. The van der Waals surface area contributed by atoms with Crippen LogP contribution in [-0.2, 0) is 12.8 Å². The first-order valence-corrected chi connectivity index (χ1v) is 9.95. The second kappa shape index (κ2) is 7.58. The van der Waals surface area contributed by atoms with Crippen LogP contribution in [0.2, 0.25) is 0 Å². The molecule has 2 aromatic heterocycles. The minimum absolute atomic E-state index is 0.104. The van der Waals surface area contributed by atoms with Crippen molar-refractivity contribution in [3.8, 4) is 0 Å². The molecule has 0 aliphatic carbocycles. The van der Waals surface area contributed by atoms with Gasteiger partial charge in [0.1, 0.15) is 11.6 Å². The molecule has 7 nitrogen and oxygen atoms in total. The molecular weight excluding hydrogens is 352 g/mol. The van der Waals surface area contributed by atoms with Gasteiger partial charge >= 0.3 is 0 Å². The monoisotopic (exact) mass is 378 g/mol. The Morgan fingerprint density at radius 1 is 1.00 bits per heavy atom. The summed E-state index contributed by atoms with van der Waals surface area (Å²) in [5.74, 6) is 2.57. The summed E-state index contributed by atoms with van der Waals surface area (Å²) in [6.45, 7) is 9.13. The summed E-state index contributed by atoms with van der Waals surface area (Å²) in [5, 5.41) is 8.43. The van der Waals surface area contributed by atoms with E-state index in [1.165, 1.54) is 5.56 Å². The van der Waals surface area contributed by atoms with Crippen LogP contribution in [0.15, 0.2) is 30.3 Å². The largest absolute Gasteiger partial charge is 0.353 e. The maximum absolute atomic E-state index is 12.8. The van der Waals surface area contributed by atoms with Gasteiger partial charge in [0.05, 0.1) is 0 Å². The number of hydrogen-bond donors (Lipinski definition) is 0. The van der Waals surface area contributed by atoms with Gasteiger partial charge in [-0.05, 0) is 31.0 Å². The van der Waals surface area contributed by atoms with E-state index >= 15 is 0 Å². The highest BCUT2D eigenvalue weighted by Gasteiger charge is 2.23. The fourth-order valence-corrected chi connectivity index (χ4v) is 3.72. The molecule has 0 N–H and O–H groups in total. The number of nitrogens with zero attached hydrogens (tertiary/aromatic N) is 6. The van der Waals surface area contributed by atoms with Crippen molar-refractivity contribution in [3.63, 3.8) is 0 Å². The summed E-state index contributed by atoms with van der Waals surface area (Å²) in [6.07, 6.45) is 1.80. The lowest BCUT2D eigenvalue weighted by Gasteiger charge is -2.35. The Bertz CT molecular complexity index is 986. The second-order valence-corrected chi connectivity index (χ2v) is 7.19. The number of amides is 1. The number of carbonyl (C=O) groups excluding carboxylic acids is 1. The lowest BCUT2D eigenvalue weighted by Crippen LogP contribution is -2.49. The van der Waals surface area contributed by atoms with Crippen molar-refractivity contribution in [2.75, 3.05) is 31.1 Å². The molecule has 0 radical (unpaired) electrons. The number of benzene rings is 1. The Hall–Kier alpha value is -2.96. The molecule has 0 unspecified atom stereocenters. The minimum atomic E-state index is 0.104. The third-order valence-corrected chi connectivity index (χ3v) is 5.43. The molecule has 3 heterocycles. The molecule has 0 bridgehead atoms. The van der Waals surface area contributed by atoms with Crippen LogP contribution in [0.25, 0.3) is 5.78 Å². The highest BCUT2D eigenvalue weighted by molar-refractivity contribution is 5.94. The summed E-state index contributed by atoms with van der Waals surface area (Å²) in [5.41, 5.74) is 3.09. The Labute approximate surface area is 165 Å². The van der Waals surface area contributed by atoms with E-state index in [1.54, 1.807) is 0 Å². The lowest BCUT2D eigenvalue weighted by atomic mass is 10.1. The van der Waals surface area contributed by atoms with Crippen LogP contribution >= 0.6 is 0 Å². The van der Waals surface area contributed by atoms with Gasteiger partial charge in [0, 0.05) is 49.9 Å². The molecule has 3 aromatic rings.